The number of nitrogens with one attached hydrogen (secondary N) is 3. The normalized spacial score (nSPS) is 14.4. The van der Waals surface area contributed by atoms with Crippen molar-refractivity contribution in [1.82, 2.24) is 15.5 Å². The molecule has 1 aromatic rings. The molecule has 0 atom stereocenters. The second-order valence-electron chi connectivity index (χ2n) is 6.24. The van der Waals surface area contributed by atoms with Crippen LogP contribution in [0, 0.1) is 0 Å². The van der Waals surface area contributed by atoms with Gasteiger partial charge in [-0.3, -0.25) is 14.9 Å². The van der Waals surface area contributed by atoms with Gasteiger partial charge >= 0.3 is 12.2 Å². The molecule has 1 heterocycles. The first-order valence-corrected chi connectivity index (χ1v) is 9.00. The Bertz CT molecular complexity index is 737. The number of rotatable bonds is 5. The minimum absolute atomic E-state index is 0.206. The first kappa shape index (κ1) is 21.8. The van der Waals surface area contributed by atoms with Crippen LogP contribution in [0.2, 0.25) is 5.02 Å². The molecule has 1 aliphatic heterocycles. The number of urea groups is 1. The molecule has 1 saturated heterocycles. The summed E-state index contributed by atoms with van der Waals surface area (Å²) in [4.78, 5) is 37.5. The highest BCUT2D eigenvalue weighted by atomic mass is 35.5. The van der Waals surface area contributed by atoms with Gasteiger partial charge in [-0.2, -0.15) is 13.2 Å². The number of halogens is 4. The fraction of sp³-hybridized carbons (Fsp3) is 0.471. The average molecular weight is 421 g/mol. The third kappa shape index (κ3) is 6.91. The third-order valence-electron chi connectivity index (χ3n) is 4.00. The van der Waals surface area contributed by atoms with E-state index in [2.05, 4.69) is 5.32 Å². The molecule has 0 aliphatic carbocycles. The van der Waals surface area contributed by atoms with E-state index in [0.717, 1.165) is 19.3 Å². The van der Waals surface area contributed by atoms with Gasteiger partial charge in [0.2, 0.25) is 5.91 Å². The molecule has 4 amide bonds. The van der Waals surface area contributed by atoms with E-state index >= 15 is 0 Å². The number of nitrogens with zero attached hydrogens (tertiary/aromatic N) is 1. The van der Waals surface area contributed by atoms with Gasteiger partial charge in [-0.25, -0.2) is 4.79 Å². The van der Waals surface area contributed by atoms with E-state index in [1.165, 1.54) is 17.4 Å². The molecule has 0 aromatic heterocycles. The van der Waals surface area contributed by atoms with Crippen LogP contribution in [0.15, 0.2) is 18.2 Å². The molecule has 0 radical (unpaired) electrons. The first-order valence-electron chi connectivity index (χ1n) is 8.63. The first-order chi connectivity index (χ1) is 13.2. The van der Waals surface area contributed by atoms with E-state index in [4.69, 9.17) is 11.6 Å². The van der Waals surface area contributed by atoms with Crippen LogP contribution in [0.5, 0.6) is 0 Å². The Balaban J connectivity index is 1.95. The number of imide groups is 1. The summed E-state index contributed by atoms with van der Waals surface area (Å²) in [7, 11) is 0. The van der Waals surface area contributed by atoms with Gasteiger partial charge in [0, 0.05) is 23.8 Å². The molecule has 11 heteroatoms. The van der Waals surface area contributed by atoms with Crippen molar-refractivity contribution in [2.24, 2.45) is 0 Å². The molecule has 7 nitrogen and oxygen atoms in total. The number of benzene rings is 1. The molecular weight excluding hydrogens is 401 g/mol. The highest BCUT2D eigenvalue weighted by Gasteiger charge is 2.28. The number of hydrogen-bond acceptors (Lipinski definition) is 4. The molecule has 0 unspecified atom stereocenters. The lowest BCUT2D eigenvalue weighted by Crippen LogP contribution is -2.45. The number of hydrogen-bond donors (Lipinski definition) is 3. The van der Waals surface area contributed by atoms with E-state index in [1.807, 2.05) is 0 Å². The van der Waals surface area contributed by atoms with Crippen molar-refractivity contribution in [3.8, 4) is 0 Å². The molecule has 1 fully saturated rings. The minimum Gasteiger partial charge on any atom is -0.375 e. The number of piperidine rings is 1. The maximum atomic E-state index is 12.7. The van der Waals surface area contributed by atoms with Crippen molar-refractivity contribution in [2.45, 2.75) is 25.4 Å². The van der Waals surface area contributed by atoms with E-state index in [0.29, 0.717) is 29.4 Å². The molecule has 0 spiro atoms. The second-order valence-corrected chi connectivity index (χ2v) is 6.68. The standard InChI is InChI=1S/C17H20ClF3N4O3/c18-11-4-5-12(15(27)25-6-2-1-3-7-25)13(8-11)22-9-14(26)24-16(28)23-10-17(19,20)21/h4-5,8,22H,1-3,6-7,9-10H2,(H2,23,24,26,28). The lowest BCUT2D eigenvalue weighted by atomic mass is 10.1. The Morgan fingerprint density at radius 1 is 1.11 bits per heavy atom. The van der Waals surface area contributed by atoms with Crippen LogP contribution in [0.25, 0.3) is 0 Å². The van der Waals surface area contributed by atoms with Crippen LogP contribution in [0.3, 0.4) is 0 Å². The Morgan fingerprint density at radius 3 is 2.43 bits per heavy atom. The van der Waals surface area contributed by atoms with Crippen LogP contribution in [0.1, 0.15) is 29.6 Å². The smallest absolute Gasteiger partial charge is 0.375 e. The van der Waals surface area contributed by atoms with E-state index in [9.17, 15) is 27.6 Å². The van der Waals surface area contributed by atoms with Gasteiger partial charge in [-0.15, -0.1) is 0 Å². The van der Waals surface area contributed by atoms with Gasteiger partial charge in [0.15, 0.2) is 0 Å². The van der Waals surface area contributed by atoms with Crippen molar-refractivity contribution in [1.29, 1.82) is 0 Å². The average Bonchev–Trinajstić information content (AvgIpc) is 2.64. The molecule has 28 heavy (non-hydrogen) atoms. The summed E-state index contributed by atoms with van der Waals surface area (Å²) >= 11 is 5.95. The molecular formula is C17H20ClF3N4O3. The number of alkyl halides is 3. The lowest BCUT2D eigenvalue weighted by Gasteiger charge is -2.27. The zero-order valence-electron chi connectivity index (χ0n) is 14.9. The third-order valence-corrected chi connectivity index (χ3v) is 4.23. The largest absolute Gasteiger partial charge is 0.405 e. The van der Waals surface area contributed by atoms with Crippen LogP contribution >= 0.6 is 11.6 Å². The lowest BCUT2D eigenvalue weighted by molar-refractivity contribution is -0.124. The van der Waals surface area contributed by atoms with Crippen molar-refractivity contribution in [2.75, 3.05) is 31.5 Å². The molecule has 3 N–H and O–H groups in total. The van der Waals surface area contributed by atoms with Gasteiger partial charge in [-0.05, 0) is 37.5 Å². The van der Waals surface area contributed by atoms with Gasteiger partial charge in [0.1, 0.15) is 6.54 Å². The van der Waals surface area contributed by atoms with Crippen molar-refractivity contribution in [3.63, 3.8) is 0 Å². The number of anilines is 1. The van der Waals surface area contributed by atoms with Gasteiger partial charge in [-0.1, -0.05) is 11.6 Å². The van der Waals surface area contributed by atoms with Crippen molar-refractivity contribution in [3.05, 3.63) is 28.8 Å². The Morgan fingerprint density at radius 2 is 1.79 bits per heavy atom. The van der Waals surface area contributed by atoms with Crippen LogP contribution in [-0.2, 0) is 4.79 Å². The molecule has 1 aliphatic rings. The van der Waals surface area contributed by atoms with Gasteiger partial charge < -0.3 is 15.5 Å². The number of amides is 4. The topological polar surface area (TPSA) is 90.5 Å². The Kier molecular flexibility index (Phi) is 7.50. The van der Waals surface area contributed by atoms with E-state index < -0.39 is 31.2 Å². The van der Waals surface area contributed by atoms with Gasteiger partial charge in [0.25, 0.3) is 5.91 Å². The van der Waals surface area contributed by atoms with Gasteiger partial charge in [0.05, 0.1) is 12.1 Å². The zero-order valence-corrected chi connectivity index (χ0v) is 15.6. The van der Waals surface area contributed by atoms with E-state index in [-0.39, 0.29) is 5.91 Å². The minimum atomic E-state index is -4.58. The zero-order chi connectivity index (χ0) is 20.7. The molecule has 2 rings (SSSR count). The predicted octanol–water partition coefficient (Wildman–Crippen LogP) is 2.77. The quantitative estimate of drug-likeness (QED) is 0.683. The Hall–Kier alpha value is -2.49. The molecule has 1 aromatic carbocycles. The fourth-order valence-corrected chi connectivity index (χ4v) is 2.86. The maximum absolute atomic E-state index is 12.7. The molecule has 0 saturated carbocycles. The highest BCUT2D eigenvalue weighted by molar-refractivity contribution is 6.31. The van der Waals surface area contributed by atoms with E-state index in [1.54, 1.807) is 16.3 Å². The molecule has 154 valence electrons. The number of carbonyl (C=O) groups excluding carboxylic acids is 3. The van der Waals surface area contributed by atoms with Crippen molar-refractivity contribution < 1.29 is 27.6 Å². The summed E-state index contributed by atoms with van der Waals surface area (Å²) in [6.45, 7) is -0.704. The monoisotopic (exact) mass is 420 g/mol. The summed E-state index contributed by atoms with van der Waals surface area (Å²) in [5, 5.41) is 6.34. The summed E-state index contributed by atoms with van der Waals surface area (Å²) in [6.07, 6.45) is -1.69. The summed E-state index contributed by atoms with van der Waals surface area (Å²) in [5.74, 6) is -1.07. The van der Waals surface area contributed by atoms with Crippen LogP contribution in [0.4, 0.5) is 23.7 Å². The number of carbonyl (C=O) groups is 3. The van der Waals surface area contributed by atoms with Crippen LogP contribution < -0.4 is 16.0 Å². The fourth-order valence-electron chi connectivity index (χ4n) is 2.69. The summed E-state index contributed by atoms with van der Waals surface area (Å²) in [6, 6.07) is 3.29. The summed E-state index contributed by atoms with van der Waals surface area (Å²) in [5.41, 5.74) is 0.620. The SMILES string of the molecule is O=C(CNc1cc(Cl)ccc1C(=O)N1CCCCC1)NC(=O)NCC(F)(F)F. The highest BCUT2D eigenvalue weighted by Crippen LogP contribution is 2.24. The molecule has 0 bridgehead atoms. The maximum Gasteiger partial charge on any atom is 0.405 e. The summed E-state index contributed by atoms with van der Waals surface area (Å²) < 4.78 is 36.1. The predicted molar refractivity (Wildman–Crippen MR) is 97.3 cm³/mol. The van der Waals surface area contributed by atoms with Crippen LogP contribution in [-0.4, -0.2) is 55.1 Å². The Labute approximate surface area is 164 Å². The van der Waals surface area contributed by atoms with Crippen molar-refractivity contribution >= 4 is 35.1 Å². The second kappa shape index (κ2) is 9.63. The number of likely N-dealkylation sites (tertiary alicyclic amines) is 1.